The first-order valence-corrected chi connectivity index (χ1v) is 11.3. The first kappa shape index (κ1) is 29.7. The molecule has 6 nitrogen and oxygen atoms in total. The minimum absolute atomic E-state index is 0.0429. The molecular weight excluding hydrogens is 502 g/mol. The second kappa shape index (κ2) is 12.6. The SMILES string of the molecule is C=C/C=C(CC)\C(=C\F)C1NOC(c2cnn(/C(=C/C(F)=C\C(C)F)CC)c2C(F)(F)F)=C1C(=O)NC. The Balaban J connectivity index is 2.83. The van der Waals surface area contributed by atoms with Crippen molar-refractivity contribution in [1.82, 2.24) is 20.6 Å². The molecule has 0 saturated carbocycles. The van der Waals surface area contributed by atoms with Gasteiger partial charge < -0.3 is 10.2 Å². The predicted molar refractivity (Wildman–Crippen MR) is 128 cm³/mol. The van der Waals surface area contributed by atoms with Gasteiger partial charge in [0.15, 0.2) is 11.5 Å². The molecule has 2 N–H and O–H groups in total. The van der Waals surface area contributed by atoms with Gasteiger partial charge in [0.2, 0.25) is 0 Å². The van der Waals surface area contributed by atoms with Crippen molar-refractivity contribution < 1.29 is 36.0 Å². The molecule has 1 aromatic rings. The largest absolute Gasteiger partial charge is 0.434 e. The van der Waals surface area contributed by atoms with Gasteiger partial charge in [0.25, 0.3) is 5.91 Å². The number of alkyl halides is 4. The maximum atomic E-state index is 14.3. The van der Waals surface area contributed by atoms with Crippen molar-refractivity contribution in [1.29, 1.82) is 0 Å². The lowest BCUT2D eigenvalue weighted by atomic mass is 9.90. The molecule has 0 radical (unpaired) electrons. The summed E-state index contributed by atoms with van der Waals surface area (Å²) in [6, 6.07) is -1.26. The number of nitrogens with zero attached hydrogens (tertiary/aromatic N) is 2. The van der Waals surface area contributed by atoms with E-state index in [2.05, 4.69) is 22.5 Å². The third-order valence-electron chi connectivity index (χ3n) is 5.39. The quantitative estimate of drug-likeness (QED) is 0.283. The number of carbonyl (C=O) groups is 1. The summed E-state index contributed by atoms with van der Waals surface area (Å²) in [5, 5.41) is 6.10. The molecule has 0 aliphatic carbocycles. The molecule has 37 heavy (non-hydrogen) atoms. The Bertz CT molecular complexity index is 1170. The number of hydrogen-bond donors (Lipinski definition) is 2. The summed E-state index contributed by atoms with van der Waals surface area (Å²) in [6.07, 6.45) is -1.18. The molecule has 12 heteroatoms. The number of carbonyl (C=O) groups excluding carboxylic acids is 1. The van der Waals surface area contributed by atoms with Crippen LogP contribution in [0.1, 0.15) is 44.9 Å². The minimum atomic E-state index is -5.04. The van der Waals surface area contributed by atoms with Gasteiger partial charge in [-0.1, -0.05) is 32.6 Å². The highest BCUT2D eigenvalue weighted by Crippen LogP contribution is 2.41. The average Bonchev–Trinajstić information content (AvgIpc) is 3.46. The molecule has 0 aromatic carbocycles. The van der Waals surface area contributed by atoms with Gasteiger partial charge >= 0.3 is 6.18 Å². The van der Waals surface area contributed by atoms with E-state index < -0.39 is 47.1 Å². The van der Waals surface area contributed by atoms with Gasteiger partial charge in [-0.15, -0.1) is 5.48 Å². The summed E-state index contributed by atoms with van der Waals surface area (Å²) in [5.41, 5.74) is 0.271. The predicted octanol–water partition coefficient (Wildman–Crippen LogP) is 6.10. The van der Waals surface area contributed by atoms with Crippen molar-refractivity contribution in [3.63, 3.8) is 0 Å². The third kappa shape index (κ3) is 6.62. The number of hydroxylamine groups is 1. The van der Waals surface area contributed by atoms with Crippen LogP contribution >= 0.6 is 0 Å². The van der Waals surface area contributed by atoms with Crippen LogP contribution in [0.5, 0.6) is 0 Å². The maximum Gasteiger partial charge on any atom is 0.434 e. The van der Waals surface area contributed by atoms with Crippen LogP contribution in [0, 0.1) is 0 Å². The minimum Gasteiger partial charge on any atom is -0.406 e. The van der Waals surface area contributed by atoms with Crippen LogP contribution < -0.4 is 10.8 Å². The zero-order chi connectivity index (χ0) is 27.9. The maximum absolute atomic E-state index is 14.3. The molecule has 202 valence electrons. The van der Waals surface area contributed by atoms with E-state index in [0.29, 0.717) is 22.8 Å². The lowest BCUT2D eigenvalue weighted by Crippen LogP contribution is -2.34. The monoisotopic (exact) mass is 530 g/mol. The van der Waals surface area contributed by atoms with Gasteiger partial charge in [-0.2, -0.15) is 18.3 Å². The number of halogens is 6. The second-order valence-electron chi connectivity index (χ2n) is 7.86. The normalized spacial score (nSPS) is 18.7. The fourth-order valence-corrected chi connectivity index (χ4v) is 3.77. The van der Waals surface area contributed by atoms with Crippen LogP contribution in [0.15, 0.2) is 66.0 Å². The van der Waals surface area contributed by atoms with Crippen molar-refractivity contribution in [2.24, 2.45) is 0 Å². The van der Waals surface area contributed by atoms with Gasteiger partial charge in [-0.3, -0.25) is 4.79 Å². The molecule has 0 bridgehead atoms. The lowest BCUT2D eigenvalue weighted by molar-refractivity contribution is -0.143. The summed E-state index contributed by atoms with van der Waals surface area (Å²) in [4.78, 5) is 18.2. The standard InChI is InChI=1S/C25H28F6N4O2/c1-6-9-15(7-2)18(12-26)21-20(24(36)32-5)22(37-34-21)19-13-33-35(23(19)25(29,30)31)17(8-3)11-16(28)10-14(4)27/h6,9-14,21,34H,1,7-8H2,2-5H3,(H,32,36)/b15-9-,16-10+,17-11+,18-12-. The van der Waals surface area contributed by atoms with E-state index in [-0.39, 0.29) is 29.6 Å². The van der Waals surface area contributed by atoms with E-state index in [1.54, 1.807) is 6.92 Å². The molecule has 1 aliphatic rings. The highest BCUT2D eigenvalue weighted by molar-refractivity contribution is 6.02. The van der Waals surface area contributed by atoms with Crippen molar-refractivity contribution in [3.05, 3.63) is 77.2 Å². The Labute approximate surface area is 210 Å². The number of nitrogens with one attached hydrogen (secondary N) is 2. The summed E-state index contributed by atoms with van der Waals surface area (Å²) in [7, 11) is 1.26. The van der Waals surface area contributed by atoms with Gasteiger partial charge in [0, 0.05) is 18.3 Å². The number of hydrogen-bond acceptors (Lipinski definition) is 4. The van der Waals surface area contributed by atoms with Gasteiger partial charge in [0.1, 0.15) is 18.0 Å². The molecule has 0 fully saturated rings. The van der Waals surface area contributed by atoms with E-state index in [1.165, 1.54) is 26.1 Å². The molecule has 2 atom stereocenters. The smallest absolute Gasteiger partial charge is 0.406 e. The summed E-state index contributed by atoms with van der Waals surface area (Å²) < 4.78 is 84.7. The molecule has 0 saturated heterocycles. The van der Waals surface area contributed by atoms with E-state index >= 15 is 0 Å². The molecule has 2 unspecified atom stereocenters. The molecule has 1 aliphatic heterocycles. The zero-order valence-electron chi connectivity index (χ0n) is 20.7. The highest BCUT2D eigenvalue weighted by atomic mass is 19.4. The van der Waals surface area contributed by atoms with Gasteiger partial charge in [-0.05, 0) is 37.5 Å². The Morgan fingerprint density at radius 1 is 1.35 bits per heavy atom. The Morgan fingerprint density at radius 2 is 2.03 bits per heavy atom. The Hall–Kier alpha value is -3.54. The number of rotatable bonds is 10. The number of amides is 1. The van der Waals surface area contributed by atoms with Crippen molar-refractivity contribution in [2.45, 2.75) is 52.0 Å². The van der Waals surface area contributed by atoms with Crippen molar-refractivity contribution in [2.75, 3.05) is 7.05 Å². The molecule has 1 amide bonds. The number of aromatic nitrogens is 2. The highest BCUT2D eigenvalue weighted by Gasteiger charge is 2.44. The van der Waals surface area contributed by atoms with Crippen LogP contribution in [0.25, 0.3) is 11.5 Å². The van der Waals surface area contributed by atoms with E-state index in [4.69, 9.17) is 4.84 Å². The Morgan fingerprint density at radius 3 is 2.51 bits per heavy atom. The van der Waals surface area contributed by atoms with Crippen molar-refractivity contribution in [3.8, 4) is 0 Å². The molecule has 2 rings (SSSR count). The molecule has 2 heterocycles. The number of likely N-dealkylation sites (N-methyl/N-ethyl adjacent to an activating group) is 1. The van der Waals surface area contributed by atoms with E-state index in [0.717, 1.165) is 19.2 Å². The first-order chi connectivity index (χ1) is 17.4. The second-order valence-corrected chi connectivity index (χ2v) is 7.86. The lowest BCUT2D eigenvalue weighted by Gasteiger charge is -2.17. The van der Waals surface area contributed by atoms with Crippen molar-refractivity contribution >= 4 is 17.4 Å². The van der Waals surface area contributed by atoms with Crippen LogP contribution in [0.4, 0.5) is 26.3 Å². The third-order valence-corrected chi connectivity index (χ3v) is 5.39. The summed E-state index contributed by atoms with van der Waals surface area (Å²) >= 11 is 0. The van der Waals surface area contributed by atoms with E-state index in [9.17, 15) is 31.1 Å². The zero-order valence-corrected chi connectivity index (χ0v) is 20.7. The molecular formula is C25H28F6N4O2. The van der Waals surface area contributed by atoms with Crippen LogP contribution in [-0.2, 0) is 15.8 Å². The first-order valence-electron chi connectivity index (χ1n) is 11.3. The molecule has 0 spiro atoms. The van der Waals surface area contributed by atoms with Gasteiger partial charge in [0.05, 0.1) is 23.7 Å². The van der Waals surface area contributed by atoms with Gasteiger partial charge in [-0.25, -0.2) is 17.9 Å². The fraction of sp³-hybridized carbons (Fsp3) is 0.360. The summed E-state index contributed by atoms with van der Waals surface area (Å²) in [6.45, 7) is 7.82. The summed E-state index contributed by atoms with van der Waals surface area (Å²) in [5.74, 6) is -2.43. The topological polar surface area (TPSA) is 68.2 Å². The van der Waals surface area contributed by atoms with Crippen LogP contribution in [-0.4, -0.2) is 34.9 Å². The molecule has 1 aromatic heterocycles. The number of allylic oxidation sites excluding steroid dienone is 6. The van der Waals surface area contributed by atoms with Crippen LogP contribution in [0.2, 0.25) is 0 Å². The van der Waals surface area contributed by atoms with Crippen LogP contribution in [0.3, 0.4) is 0 Å². The fourth-order valence-electron chi connectivity index (χ4n) is 3.77. The Kier molecular flexibility index (Phi) is 10.1. The van der Waals surface area contributed by atoms with E-state index in [1.807, 2.05) is 0 Å². The average molecular weight is 531 g/mol.